The van der Waals surface area contributed by atoms with Crippen molar-refractivity contribution in [1.29, 1.82) is 0 Å². The third kappa shape index (κ3) is 1.77. The molecular formula is C8H15N5O. The molecule has 3 N–H and O–H groups in total. The van der Waals surface area contributed by atoms with Crippen LogP contribution in [-0.4, -0.2) is 46.9 Å². The van der Waals surface area contributed by atoms with Crippen molar-refractivity contribution in [2.24, 2.45) is 5.73 Å². The van der Waals surface area contributed by atoms with Crippen LogP contribution in [0.25, 0.3) is 0 Å². The Morgan fingerprint density at radius 1 is 1.71 bits per heavy atom. The first kappa shape index (κ1) is 9.57. The van der Waals surface area contributed by atoms with Gasteiger partial charge in [-0.05, 0) is 7.05 Å². The van der Waals surface area contributed by atoms with E-state index in [0.717, 1.165) is 24.8 Å². The maximum Gasteiger partial charge on any atom is 0.170 e. The molecule has 2 heterocycles. The first-order chi connectivity index (χ1) is 6.81. The first-order valence-corrected chi connectivity index (χ1v) is 4.70. The molecule has 0 saturated carbocycles. The number of hydrogen-bond donors (Lipinski definition) is 2. The zero-order chi connectivity index (χ0) is 9.97. The van der Waals surface area contributed by atoms with Gasteiger partial charge in [-0.25, -0.2) is 4.98 Å². The molecule has 14 heavy (non-hydrogen) atoms. The maximum absolute atomic E-state index is 5.45. The van der Waals surface area contributed by atoms with Crippen molar-refractivity contribution < 1.29 is 4.74 Å². The summed E-state index contributed by atoms with van der Waals surface area (Å²) in [5, 5.41) is 6.93. The van der Waals surface area contributed by atoms with E-state index in [1.54, 1.807) is 0 Å². The topological polar surface area (TPSA) is 80.1 Å². The zero-order valence-corrected chi connectivity index (χ0v) is 8.23. The lowest BCUT2D eigenvalue weighted by Crippen LogP contribution is -2.37. The third-order valence-corrected chi connectivity index (χ3v) is 2.44. The summed E-state index contributed by atoms with van der Waals surface area (Å²) >= 11 is 0. The molecule has 1 atom stereocenters. The van der Waals surface area contributed by atoms with Crippen LogP contribution in [0.2, 0.25) is 0 Å². The molecule has 1 fully saturated rings. The Morgan fingerprint density at radius 3 is 3.21 bits per heavy atom. The van der Waals surface area contributed by atoms with Gasteiger partial charge in [0.05, 0.1) is 25.8 Å². The molecule has 0 aliphatic carbocycles. The van der Waals surface area contributed by atoms with Crippen molar-refractivity contribution in [2.45, 2.75) is 12.6 Å². The minimum Gasteiger partial charge on any atom is -0.378 e. The van der Waals surface area contributed by atoms with E-state index in [4.69, 9.17) is 10.5 Å². The number of hydrogen-bond acceptors (Lipinski definition) is 5. The van der Waals surface area contributed by atoms with E-state index in [-0.39, 0.29) is 6.04 Å². The van der Waals surface area contributed by atoms with Gasteiger partial charge in [-0.1, -0.05) is 0 Å². The van der Waals surface area contributed by atoms with Crippen LogP contribution in [0, 0.1) is 0 Å². The minimum atomic E-state index is 0.153. The summed E-state index contributed by atoms with van der Waals surface area (Å²) in [5.74, 6) is 1.49. The lowest BCUT2D eigenvalue weighted by atomic mass is 10.2. The second-order valence-electron chi connectivity index (χ2n) is 3.42. The number of nitrogens with one attached hydrogen (secondary N) is 1. The normalized spacial score (nSPS) is 24.0. The van der Waals surface area contributed by atoms with Crippen LogP contribution in [0.3, 0.4) is 0 Å². The fourth-order valence-electron chi connectivity index (χ4n) is 1.51. The highest BCUT2D eigenvalue weighted by atomic mass is 16.5. The van der Waals surface area contributed by atoms with Crippen LogP contribution in [0.15, 0.2) is 0 Å². The Hall–Kier alpha value is -0.980. The molecule has 2 rings (SSSR count). The first-order valence-electron chi connectivity index (χ1n) is 4.70. The molecule has 1 saturated heterocycles. The summed E-state index contributed by atoms with van der Waals surface area (Å²) in [7, 11) is 2.05. The van der Waals surface area contributed by atoms with E-state index in [0.29, 0.717) is 13.2 Å². The lowest BCUT2D eigenvalue weighted by molar-refractivity contribution is 0.00194. The van der Waals surface area contributed by atoms with Gasteiger partial charge in [-0.3, -0.25) is 10.00 Å². The number of ether oxygens (including phenoxy) is 1. The summed E-state index contributed by atoms with van der Waals surface area (Å²) in [6.45, 7) is 2.74. The molecular weight excluding hydrogens is 182 g/mol. The number of nitrogens with zero attached hydrogens (tertiary/aromatic N) is 3. The van der Waals surface area contributed by atoms with Crippen molar-refractivity contribution in [2.75, 3.05) is 26.8 Å². The molecule has 0 spiro atoms. The smallest absolute Gasteiger partial charge is 0.170 e. The predicted molar refractivity (Wildman–Crippen MR) is 50.5 cm³/mol. The average Bonchev–Trinajstić information content (AvgIpc) is 2.67. The molecule has 6 heteroatoms. The number of likely N-dealkylation sites (N-methyl/N-ethyl adjacent to an activating group) is 1. The van der Waals surface area contributed by atoms with E-state index in [2.05, 4.69) is 20.1 Å². The van der Waals surface area contributed by atoms with E-state index < -0.39 is 0 Å². The summed E-state index contributed by atoms with van der Waals surface area (Å²) < 4.78 is 5.38. The molecule has 0 bridgehead atoms. The van der Waals surface area contributed by atoms with Crippen LogP contribution in [0.1, 0.15) is 17.7 Å². The standard InChI is InChI=1S/C8H15N5O/c1-13-2-3-14-5-6(13)8-10-7(4-9)11-12-8/h6H,2-5,9H2,1H3,(H,10,11,12). The highest BCUT2D eigenvalue weighted by Crippen LogP contribution is 2.18. The lowest BCUT2D eigenvalue weighted by Gasteiger charge is -2.30. The Morgan fingerprint density at radius 2 is 2.57 bits per heavy atom. The number of H-pyrrole nitrogens is 1. The number of morpholine rings is 1. The van der Waals surface area contributed by atoms with Gasteiger partial charge in [-0.15, -0.1) is 0 Å². The number of nitrogens with two attached hydrogens (primary N) is 1. The monoisotopic (exact) mass is 197 g/mol. The second kappa shape index (κ2) is 4.04. The van der Waals surface area contributed by atoms with Gasteiger partial charge >= 0.3 is 0 Å². The van der Waals surface area contributed by atoms with Gasteiger partial charge in [0.2, 0.25) is 0 Å². The molecule has 1 aliphatic rings. The van der Waals surface area contributed by atoms with Gasteiger partial charge in [-0.2, -0.15) is 5.10 Å². The molecule has 1 aliphatic heterocycles. The maximum atomic E-state index is 5.45. The van der Waals surface area contributed by atoms with Crippen LogP contribution in [0.5, 0.6) is 0 Å². The summed E-state index contributed by atoms with van der Waals surface area (Å²) in [6, 6.07) is 0.153. The van der Waals surface area contributed by atoms with Gasteiger partial charge in [0, 0.05) is 6.54 Å². The van der Waals surface area contributed by atoms with Gasteiger partial charge in [0.15, 0.2) is 5.82 Å². The number of rotatable bonds is 2. The fourth-order valence-corrected chi connectivity index (χ4v) is 1.51. The van der Waals surface area contributed by atoms with Crippen LogP contribution < -0.4 is 5.73 Å². The van der Waals surface area contributed by atoms with Crippen molar-refractivity contribution in [1.82, 2.24) is 20.1 Å². The fraction of sp³-hybridized carbons (Fsp3) is 0.750. The van der Waals surface area contributed by atoms with E-state index in [1.165, 1.54) is 0 Å². The quantitative estimate of drug-likeness (QED) is 0.653. The van der Waals surface area contributed by atoms with Gasteiger partial charge < -0.3 is 10.5 Å². The van der Waals surface area contributed by atoms with Crippen molar-refractivity contribution in [3.05, 3.63) is 11.6 Å². The zero-order valence-electron chi connectivity index (χ0n) is 8.23. The second-order valence-corrected chi connectivity index (χ2v) is 3.42. The van der Waals surface area contributed by atoms with E-state index in [9.17, 15) is 0 Å². The van der Waals surface area contributed by atoms with E-state index in [1.807, 2.05) is 7.05 Å². The number of aromatic amines is 1. The van der Waals surface area contributed by atoms with Crippen molar-refractivity contribution >= 4 is 0 Å². The molecule has 78 valence electrons. The minimum absolute atomic E-state index is 0.153. The molecule has 6 nitrogen and oxygen atoms in total. The molecule has 0 amide bonds. The third-order valence-electron chi connectivity index (χ3n) is 2.44. The summed E-state index contributed by atoms with van der Waals surface area (Å²) in [6.07, 6.45) is 0. The molecule has 1 unspecified atom stereocenters. The van der Waals surface area contributed by atoms with Crippen molar-refractivity contribution in [3.63, 3.8) is 0 Å². The molecule has 1 aromatic rings. The SMILES string of the molecule is CN1CCOCC1c1n[nH]c(CN)n1. The highest BCUT2D eigenvalue weighted by Gasteiger charge is 2.24. The molecule has 0 aromatic carbocycles. The molecule has 1 aromatic heterocycles. The molecule has 0 radical (unpaired) electrons. The van der Waals surface area contributed by atoms with E-state index >= 15 is 0 Å². The van der Waals surface area contributed by atoms with Crippen LogP contribution in [0.4, 0.5) is 0 Å². The largest absolute Gasteiger partial charge is 0.378 e. The summed E-state index contributed by atoms with van der Waals surface area (Å²) in [5.41, 5.74) is 5.45. The van der Waals surface area contributed by atoms with Gasteiger partial charge in [0.25, 0.3) is 0 Å². The number of aromatic nitrogens is 3. The Kier molecular flexibility index (Phi) is 2.76. The van der Waals surface area contributed by atoms with Crippen LogP contribution in [-0.2, 0) is 11.3 Å². The predicted octanol–water partition coefficient (Wildman–Crippen LogP) is -0.733. The summed E-state index contributed by atoms with van der Waals surface area (Å²) in [4.78, 5) is 6.48. The van der Waals surface area contributed by atoms with Gasteiger partial charge in [0.1, 0.15) is 5.82 Å². The Balaban J connectivity index is 2.12. The highest BCUT2D eigenvalue weighted by molar-refractivity contribution is 4.98. The Labute approximate surface area is 82.4 Å². The van der Waals surface area contributed by atoms with Crippen molar-refractivity contribution in [3.8, 4) is 0 Å². The Bertz CT molecular complexity index is 300. The van der Waals surface area contributed by atoms with Crippen LogP contribution >= 0.6 is 0 Å². The average molecular weight is 197 g/mol.